The first kappa shape index (κ1) is 19.2. The van der Waals surface area contributed by atoms with Gasteiger partial charge in [-0.1, -0.05) is 11.8 Å². The van der Waals surface area contributed by atoms with E-state index >= 15 is 0 Å². The predicted octanol–water partition coefficient (Wildman–Crippen LogP) is 3.14. The zero-order valence-corrected chi connectivity index (χ0v) is 15.9. The average Bonchev–Trinajstić information content (AvgIpc) is 2.97. The molecule has 0 aromatic carbocycles. The first-order chi connectivity index (χ1) is 11.0. The Hall–Kier alpha value is -1.16. The monoisotopic (exact) mass is 369 g/mol. The van der Waals surface area contributed by atoms with Crippen molar-refractivity contribution in [2.24, 2.45) is 0 Å². The molecule has 0 saturated carbocycles. The maximum atomic E-state index is 11.3. The van der Waals surface area contributed by atoms with Crippen molar-refractivity contribution in [2.45, 2.75) is 45.8 Å². The smallest absolute Gasteiger partial charge is 0.476 e. The lowest BCUT2D eigenvalue weighted by molar-refractivity contribution is -0.109. The summed E-state index contributed by atoms with van der Waals surface area (Å²) in [5.41, 5.74) is -0.238. The summed E-state index contributed by atoms with van der Waals surface area (Å²) in [5, 5.41) is 11.0. The number of carboxylic acids is 1. The number of aromatic nitrogens is 1. The zero-order valence-electron chi connectivity index (χ0n) is 14.3. The fourth-order valence-corrected chi connectivity index (χ4v) is 3.31. The quantitative estimate of drug-likeness (QED) is 0.798. The molecule has 1 saturated heterocycles. The molecule has 1 N–H and O–H groups in total. The van der Waals surface area contributed by atoms with Crippen LogP contribution < -0.4 is 0 Å². The molecule has 1 aromatic heterocycles. The van der Waals surface area contributed by atoms with Crippen molar-refractivity contribution in [3.05, 3.63) is 21.6 Å². The van der Waals surface area contributed by atoms with Crippen LogP contribution >= 0.6 is 23.1 Å². The second-order valence-electron chi connectivity index (χ2n) is 6.46. The number of nitrogens with zero attached hydrogens (tertiary/aromatic N) is 1. The van der Waals surface area contributed by atoms with Crippen LogP contribution in [0.1, 0.15) is 50.1 Å². The van der Waals surface area contributed by atoms with Crippen LogP contribution in [0.5, 0.6) is 0 Å². The molecule has 1 aromatic rings. The molecule has 6 nitrogen and oxygen atoms in total. The summed E-state index contributed by atoms with van der Waals surface area (Å²) in [4.78, 5) is 26.4. The third kappa shape index (κ3) is 4.27. The van der Waals surface area contributed by atoms with Crippen LogP contribution in [0.2, 0.25) is 0 Å². The van der Waals surface area contributed by atoms with Gasteiger partial charge in [-0.3, -0.25) is 4.79 Å². The molecule has 2 rings (SSSR count). The van der Waals surface area contributed by atoms with Crippen molar-refractivity contribution in [3.8, 4) is 0 Å². The van der Waals surface area contributed by atoms with E-state index in [1.807, 2.05) is 27.7 Å². The molecular formula is C15H20BNO5S2. The number of aromatic carboxylic acids is 1. The topological polar surface area (TPSA) is 85.7 Å². The molecule has 0 spiro atoms. The number of thioether (sulfide) groups is 1. The van der Waals surface area contributed by atoms with Gasteiger partial charge >= 0.3 is 13.1 Å². The van der Waals surface area contributed by atoms with Gasteiger partial charge in [0, 0.05) is 18.1 Å². The summed E-state index contributed by atoms with van der Waals surface area (Å²) >= 11 is 2.38. The zero-order chi connectivity index (χ0) is 18.1. The van der Waals surface area contributed by atoms with Crippen LogP contribution in [0.25, 0.3) is 6.08 Å². The van der Waals surface area contributed by atoms with Crippen molar-refractivity contribution in [2.75, 3.05) is 5.75 Å². The lowest BCUT2D eigenvalue weighted by Crippen LogP contribution is -2.41. The number of hydrogen-bond acceptors (Lipinski definition) is 7. The minimum Gasteiger partial charge on any atom is -0.476 e. The molecule has 0 amide bonds. The Labute approximate surface area is 149 Å². The van der Waals surface area contributed by atoms with Crippen LogP contribution in [0.3, 0.4) is 0 Å². The normalized spacial score (nSPS) is 19.5. The van der Waals surface area contributed by atoms with Gasteiger partial charge in [-0.25, -0.2) is 9.78 Å². The van der Waals surface area contributed by atoms with Gasteiger partial charge in [-0.2, -0.15) is 0 Å². The van der Waals surface area contributed by atoms with E-state index in [9.17, 15) is 9.59 Å². The molecule has 130 valence electrons. The number of carboxylic acid groups (broad SMARTS) is 1. The highest BCUT2D eigenvalue weighted by molar-refractivity contribution is 8.13. The largest absolute Gasteiger partial charge is 0.491 e. The SMILES string of the molecule is CC(=O)SCC(=Cc1nc(C(=O)O)cs1)B1OC(C)(C)C(C)(C)O1. The van der Waals surface area contributed by atoms with E-state index in [4.69, 9.17) is 14.4 Å². The molecule has 2 heterocycles. The molecular weight excluding hydrogens is 349 g/mol. The molecule has 9 heteroatoms. The van der Waals surface area contributed by atoms with Crippen LogP contribution in [-0.2, 0) is 14.1 Å². The van der Waals surface area contributed by atoms with Gasteiger partial charge in [0.25, 0.3) is 0 Å². The van der Waals surface area contributed by atoms with E-state index < -0.39 is 24.3 Å². The highest BCUT2D eigenvalue weighted by Crippen LogP contribution is 2.39. The summed E-state index contributed by atoms with van der Waals surface area (Å²) in [7, 11) is -0.598. The van der Waals surface area contributed by atoms with Crippen LogP contribution in [0, 0.1) is 0 Å². The Morgan fingerprint density at radius 3 is 2.38 bits per heavy atom. The predicted molar refractivity (Wildman–Crippen MR) is 96.3 cm³/mol. The third-order valence-corrected chi connectivity index (χ3v) is 5.72. The first-order valence-electron chi connectivity index (χ1n) is 7.40. The highest BCUT2D eigenvalue weighted by atomic mass is 32.2. The van der Waals surface area contributed by atoms with Gasteiger partial charge in [0.15, 0.2) is 10.8 Å². The molecule has 1 aliphatic heterocycles. The maximum Gasteiger partial charge on any atom is 0.491 e. The Balaban J connectivity index is 2.29. The van der Waals surface area contributed by atoms with Crippen LogP contribution in [0.4, 0.5) is 0 Å². The molecule has 0 bridgehead atoms. The van der Waals surface area contributed by atoms with Gasteiger partial charge in [0.1, 0.15) is 5.01 Å². The fraction of sp³-hybridized carbons (Fsp3) is 0.533. The third-order valence-electron chi connectivity index (χ3n) is 4.05. The van der Waals surface area contributed by atoms with Gasteiger partial charge in [-0.15, -0.1) is 11.3 Å². The van der Waals surface area contributed by atoms with Gasteiger partial charge in [-0.05, 0) is 39.2 Å². The minimum absolute atomic E-state index is 0.00117. The Morgan fingerprint density at radius 1 is 1.33 bits per heavy atom. The number of carbonyl (C=O) groups excluding carboxylic acids is 1. The second-order valence-corrected chi connectivity index (χ2v) is 8.51. The average molecular weight is 369 g/mol. The highest BCUT2D eigenvalue weighted by Gasteiger charge is 2.52. The molecule has 24 heavy (non-hydrogen) atoms. The Kier molecular flexibility index (Phi) is 5.59. The van der Waals surface area contributed by atoms with E-state index in [1.54, 1.807) is 6.08 Å². The Morgan fingerprint density at radius 2 is 1.92 bits per heavy atom. The summed E-state index contributed by atoms with van der Waals surface area (Å²) in [6.07, 6.45) is 1.75. The molecule has 0 aliphatic carbocycles. The van der Waals surface area contributed by atoms with E-state index in [2.05, 4.69) is 4.98 Å². The Bertz CT molecular complexity index is 667. The summed E-state index contributed by atoms with van der Waals surface area (Å²) in [6.45, 7) is 9.31. The van der Waals surface area contributed by atoms with E-state index in [0.29, 0.717) is 10.8 Å². The number of hydrogen-bond donors (Lipinski definition) is 1. The van der Waals surface area contributed by atoms with E-state index in [1.165, 1.54) is 23.6 Å². The molecule has 1 aliphatic rings. The van der Waals surface area contributed by atoms with E-state index in [-0.39, 0.29) is 10.8 Å². The first-order valence-corrected chi connectivity index (χ1v) is 9.26. The second kappa shape index (κ2) is 6.99. The minimum atomic E-state index is -1.07. The molecule has 0 atom stereocenters. The lowest BCUT2D eigenvalue weighted by atomic mass is 9.79. The van der Waals surface area contributed by atoms with Crippen molar-refractivity contribution < 1.29 is 24.0 Å². The van der Waals surface area contributed by atoms with Crippen LogP contribution in [0.15, 0.2) is 10.9 Å². The van der Waals surface area contributed by atoms with Gasteiger partial charge in [0.2, 0.25) is 0 Å². The fourth-order valence-electron chi connectivity index (χ4n) is 1.97. The van der Waals surface area contributed by atoms with E-state index in [0.717, 1.165) is 17.2 Å². The number of rotatable bonds is 5. The number of thiazole rings is 1. The lowest BCUT2D eigenvalue weighted by Gasteiger charge is -2.32. The van der Waals surface area contributed by atoms with Crippen molar-refractivity contribution in [1.29, 1.82) is 0 Å². The summed E-state index contributed by atoms with van der Waals surface area (Å²) in [5.74, 6) is -0.671. The standard InChI is InChI=1S/C15H20BNO5S2/c1-9(18)23-7-10(6-12-17-11(8-24-12)13(19)20)16-21-14(2,3)15(4,5)22-16/h6,8H,7H2,1-5H3,(H,19,20). The van der Waals surface area contributed by atoms with Gasteiger partial charge in [0.05, 0.1) is 11.2 Å². The van der Waals surface area contributed by atoms with Crippen molar-refractivity contribution >= 4 is 47.4 Å². The maximum absolute atomic E-state index is 11.3. The summed E-state index contributed by atoms with van der Waals surface area (Å²) in [6, 6.07) is 0. The molecule has 1 fully saturated rings. The van der Waals surface area contributed by atoms with Crippen molar-refractivity contribution in [3.63, 3.8) is 0 Å². The molecule has 0 radical (unpaired) electrons. The number of carbonyl (C=O) groups is 2. The summed E-state index contributed by atoms with van der Waals surface area (Å²) < 4.78 is 12.1. The van der Waals surface area contributed by atoms with Crippen LogP contribution in [-0.4, -0.2) is 45.2 Å². The van der Waals surface area contributed by atoms with Crippen molar-refractivity contribution in [1.82, 2.24) is 4.98 Å². The molecule has 0 unspecified atom stereocenters. The van der Waals surface area contributed by atoms with Gasteiger partial charge < -0.3 is 14.4 Å².